The smallest absolute Gasteiger partial charge is 0.300 e. The summed E-state index contributed by atoms with van der Waals surface area (Å²) in [5.41, 5.74) is 1.32. The summed E-state index contributed by atoms with van der Waals surface area (Å²) < 4.78 is 39.2. The fourth-order valence-corrected chi connectivity index (χ4v) is 3.70. The van der Waals surface area contributed by atoms with Crippen molar-refractivity contribution in [2.75, 3.05) is 4.90 Å². The molecule has 0 aliphatic carbocycles. The summed E-state index contributed by atoms with van der Waals surface area (Å²) in [6, 6.07) is 15.0. The van der Waals surface area contributed by atoms with Crippen LogP contribution >= 0.6 is 11.6 Å². The van der Waals surface area contributed by atoms with E-state index in [2.05, 4.69) is 10.5 Å². The molecule has 134 valence electrons. The van der Waals surface area contributed by atoms with Gasteiger partial charge >= 0.3 is 6.18 Å². The zero-order valence-electron chi connectivity index (χ0n) is 13.3. The molecule has 0 unspecified atom stereocenters. The standard InChI is InChI=1S/C18H13ClF3N3O/c19-12-7-4-8-13(9-12)25-15(11-5-2-1-3-6-11)17(16(25)26)10-14(23-24-17)18(20,21)22/h1-9,15,24H,10H2/t15-,17-/m1/s1. The number of nitrogens with one attached hydrogen (secondary N) is 1. The normalized spacial score (nSPS) is 25.1. The van der Waals surface area contributed by atoms with E-state index in [1.807, 2.05) is 0 Å². The number of hydrazone groups is 1. The van der Waals surface area contributed by atoms with Crippen molar-refractivity contribution < 1.29 is 18.0 Å². The number of amides is 1. The molecule has 2 aliphatic heterocycles. The molecule has 26 heavy (non-hydrogen) atoms. The second kappa shape index (κ2) is 5.74. The second-order valence-corrected chi connectivity index (χ2v) is 6.72. The van der Waals surface area contributed by atoms with Crippen LogP contribution in [0.2, 0.25) is 5.02 Å². The van der Waals surface area contributed by atoms with Gasteiger partial charge in [-0.05, 0) is 23.8 Å². The number of hydrogen-bond donors (Lipinski definition) is 1. The minimum absolute atomic E-state index is 0.440. The molecular weight excluding hydrogens is 367 g/mol. The van der Waals surface area contributed by atoms with Crippen LogP contribution in [-0.2, 0) is 4.79 Å². The minimum Gasteiger partial charge on any atom is -0.300 e. The van der Waals surface area contributed by atoms with Crippen LogP contribution in [0.1, 0.15) is 18.0 Å². The second-order valence-electron chi connectivity index (χ2n) is 6.28. The molecule has 2 aromatic carbocycles. The van der Waals surface area contributed by atoms with Crippen molar-refractivity contribution in [2.24, 2.45) is 5.10 Å². The monoisotopic (exact) mass is 379 g/mol. The highest BCUT2D eigenvalue weighted by molar-refractivity contribution is 6.31. The Hall–Kier alpha value is -2.54. The number of anilines is 1. The first-order valence-corrected chi connectivity index (χ1v) is 8.26. The van der Waals surface area contributed by atoms with Crippen molar-refractivity contribution in [1.29, 1.82) is 0 Å². The van der Waals surface area contributed by atoms with E-state index in [1.54, 1.807) is 54.6 Å². The molecular formula is C18H13ClF3N3O. The van der Waals surface area contributed by atoms with Gasteiger partial charge < -0.3 is 0 Å². The van der Waals surface area contributed by atoms with Crippen LogP contribution in [0.15, 0.2) is 59.7 Å². The predicted octanol–water partition coefficient (Wildman–Crippen LogP) is 4.08. The van der Waals surface area contributed by atoms with Crippen LogP contribution in [0.5, 0.6) is 0 Å². The number of halogens is 4. The number of carbonyl (C=O) groups is 1. The Labute approximate surface area is 152 Å². The van der Waals surface area contributed by atoms with Gasteiger partial charge in [0.2, 0.25) is 0 Å². The highest BCUT2D eigenvalue weighted by atomic mass is 35.5. The molecule has 4 rings (SSSR count). The van der Waals surface area contributed by atoms with Crippen LogP contribution in [0, 0.1) is 0 Å². The van der Waals surface area contributed by atoms with E-state index in [-0.39, 0.29) is 0 Å². The van der Waals surface area contributed by atoms with Gasteiger partial charge in [0.1, 0.15) is 5.71 Å². The van der Waals surface area contributed by atoms with Gasteiger partial charge in [-0.3, -0.25) is 15.1 Å². The zero-order valence-corrected chi connectivity index (χ0v) is 14.1. The van der Waals surface area contributed by atoms with Crippen molar-refractivity contribution in [1.82, 2.24) is 5.43 Å². The van der Waals surface area contributed by atoms with Gasteiger partial charge in [0.05, 0.1) is 6.04 Å². The lowest BCUT2D eigenvalue weighted by molar-refractivity contribution is -0.134. The van der Waals surface area contributed by atoms with Crippen molar-refractivity contribution in [3.05, 3.63) is 65.2 Å². The summed E-state index contributed by atoms with van der Waals surface area (Å²) in [4.78, 5) is 14.4. The van der Waals surface area contributed by atoms with Crippen LogP contribution < -0.4 is 10.3 Å². The van der Waals surface area contributed by atoms with E-state index in [0.717, 1.165) is 5.56 Å². The first-order valence-electron chi connectivity index (χ1n) is 7.88. The molecule has 0 saturated carbocycles. The topological polar surface area (TPSA) is 44.7 Å². The minimum atomic E-state index is -4.57. The summed E-state index contributed by atoms with van der Waals surface area (Å²) >= 11 is 6.02. The number of β-lactam (4-membered cyclic amide) rings is 1. The Morgan fingerprint density at radius 3 is 2.50 bits per heavy atom. The Bertz CT molecular complexity index is 900. The van der Waals surface area contributed by atoms with E-state index in [4.69, 9.17) is 11.6 Å². The fourth-order valence-electron chi connectivity index (χ4n) is 3.52. The van der Waals surface area contributed by atoms with Crippen LogP contribution in [0.3, 0.4) is 0 Å². The van der Waals surface area contributed by atoms with Gasteiger partial charge in [0, 0.05) is 17.1 Å². The molecule has 2 aliphatic rings. The number of rotatable bonds is 2. The Morgan fingerprint density at radius 2 is 1.88 bits per heavy atom. The molecule has 0 aromatic heterocycles. The SMILES string of the molecule is O=C1N(c2cccc(Cl)c2)[C@H](c2ccccc2)[C@]12CC(C(F)(F)F)=NN2. The zero-order chi connectivity index (χ0) is 18.5. The summed E-state index contributed by atoms with van der Waals surface area (Å²) in [7, 11) is 0. The summed E-state index contributed by atoms with van der Waals surface area (Å²) in [5.74, 6) is -0.461. The van der Waals surface area contributed by atoms with Crippen molar-refractivity contribution in [3.8, 4) is 0 Å². The molecule has 1 spiro atoms. The van der Waals surface area contributed by atoms with E-state index in [1.165, 1.54) is 4.90 Å². The highest BCUT2D eigenvalue weighted by Gasteiger charge is 2.66. The van der Waals surface area contributed by atoms with Gasteiger partial charge in [-0.1, -0.05) is 48.0 Å². The van der Waals surface area contributed by atoms with Gasteiger partial charge in [0.25, 0.3) is 5.91 Å². The van der Waals surface area contributed by atoms with Crippen LogP contribution in [0.25, 0.3) is 0 Å². The molecule has 8 heteroatoms. The molecule has 2 atom stereocenters. The lowest BCUT2D eigenvalue weighted by Crippen LogP contribution is -2.73. The molecule has 0 bridgehead atoms. The molecule has 2 aromatic rings. The van der Waals surface area contributed by atoms with Gasteiger partial charge in [-0.2, -0.15) is 18.3 Å². The molecule has 0 radical (unpaired) electrons. The van der Waals surface area contributed by atoms with Crippen LogP contribution in [0.4, 0.5) is 18.9 Å². The molecule has 4 nitrogen and oxygen atoms in total. The molecule has 1 amide bonds. The fraction of sp³-hybridized carbons (Fsp3) is 0.222. The summed E-state index contributed by atoms with van der Waals surface area (Å²) in [6.07, 6.45) is -5.08. The number of alkyl halides is 3. The Balaban J connectivity index is 1.76. The third-order valence-corrected chi connectivity index (χ3v) is 4.93. The maximum Gasteiger partial charge on any atom is 0.431 e. The van der Waals surface area contributed by atoms with E-state index >= 15 is 0 Å². The molecule has 1 fully saturated rings. The van der Waals surface area contributed by atoms with Crippen LogP contribution in [-0.4, -0.2) is 23.3 Å². The Kier molecular flexibility index (Phi) is 3.73. The average Bonchev–Trinajstić information content (AvgIpc) is 3.08. The quantitative estimate of drug-likeness (QED) is 0.799. The van der Waals surface area contributed by atoms with E-state index < -0.39 is 35.8 Å². The Morgan fingerprint density at radius 1 is 1.15 bits per heavy atom. The predicted molar refractivity (Wildman–Crippen MR) is 92.1 cm³/mol. The van der Waals surface area contributed by atoms with E-state index in [9.17, 15) is 18.0 Å². The summed E-state index contributed by atoms with van der Waals surface area (Å²) in [6.45, 7) is 0. The van der Waals surface area contributed by atoms with Crippen molar-refractivity contribution in [2.45, 2.75) is 24.2 Å². The first kappa shape index (κ1) is 16.9. The lowest BCUT2D eigenvalue weighted by atomic mass is 9.72. The number of hydrogen-bond acceptors (Lipinski definition) is 3. The molecule has 2 heterocycles. The number of carbonyl (C=O) groups excluding carboxylic acids is 1. The first-order chi connectivity index (χ1) is 12.3. The highest BCUT2D eigenvalue weighted by Crippen LogP contribution is 2.51. The molecule has 1 N–H and O–H groups in total. The number of benzene rings is 2. The van der Waals surface area contributed by atoms with Crippen molar-refractivity contribution >= 4 is 28.9 Å². The third kappa shape index (κ3) is 2.46. The van der Waals surface area contributed by atoms with Gasteiger partial charge in [-0.25, -0.2) is 0 Å². The third-order valence-electron chi connectivity index (χ3n) is 4.69. The maximum absolute atomic E-state index is 13.1. The van der Waals surface area contributed by atoms with Crippen molar-refractivity contribution in [3.63, 3.8) is 0 Å². The maximum atomic E-state index is 13.1. The average molecular weight is 380 g/mol. The largest absolute Gasteiger partial charge is 0.431 e. The number of nitrogens with zero attached hydrogens (tertiary/aromatic N) is 2. The van der Waals surface area contributed by atoms with Gasteiger partial charge in [-0.15, -0.1) is 0 Å². The van der Waals surface area contributed by atoms with Gasteiger partial charge in [0.15, 0.2) is 5.54 Å². The molecule has 1 saturated heterocycles. The lowest BCUT2D eigenvalue weighted by Gasteiger charge is -2.54. The summed E-state index contributed by atoms with van der Waals surface area (Å²) in [5, 5.41) is 3.86. The van der Waals surface area contributed by atoms with E-state index in [0.29, 0.717) is 10.7 Å².